The van der Waals surface area contributed by atoms with Gasteiger partial charge in [0, 0.05) is 43.3 Å². The lowest BCUT2D eigenvalue weighted by atomic mass is 10.0. The number of piperazine rings is 1. The van der Waals surface area contributed by atoms with Crippen molar-refractivity contribution in [1.29, 1.82) is 0 Å². The van der Waals surface area contributed by atoms with Crippen molar-refractivity contribution in [2.24, 2.45) is 0 Å². The zero-order valence-electron chi connectivity index (χ0n) is 17.3. The van der Waals surface area contributed by atoms with Gasteiger partial charge in [0.2, 0.25) is 10.8 Å². The lowest BCUT2D eigenvalue weighted by Crippen LogP contribution is -2.47. The molecular weight excluding hydrogens is 430 g/mol. The predicted molar refractivity (Wildman–Crippen MR) is 125 cm³/mol. The minimum absolute atomic E-state index is 0.148. The molecule has 2 aromatic heterocycles. The molecule has 31 heavy (non-hydrogen) atoms. The first-order chi connectivity index (χ1) is 15.2. The lowest BCUT2D eigenvalue weighted by Gasteiger charge is -2.40. The number of hydrogen-bond acceptors (Lipinski definition) is 6. The number of hydrogen-bond donors (Lipinski definition) is 1. The van der Waals surface area contributed by atoms with E-state index in [1.165, 1.54) is 17.0 Å². The molecule has 3 heterocycles. The van der Waals surface area contributed by atoms with Crippen LogP contribution in [0.15, 0.2) is 54.6 Å². The molecule has 8 heteroatoms. The van der Waals surface area contributed by atoms with Crippen molar-refractivity contribution in [3.8, 4) is 5.88 Å². The molecular formula is C23H24ClN5OS. The Balaban J connectivity index is 1.50. The van der Waals surface area contributed by atoms with E-state index in [9.17, 15) is 5.11 Å². The van der Waals surface area contributed by atoms with Crippen molar-refractivity contribution in [2.75, 3.05) is 31.1 Å². The molecule has 1 N–H and O–H groups in total. The molecule has 1 aliphatic rings. The molecule has 4 aromatic rings. The topological polar surface area (TPSA) is 56.9 Å². The quantitative estimate of drug-likeness (QED) is 0.477. The minimum atomic E-state index is -0.148. The van der Waals surface area contributed by atoms with Crippen LogP contribution in [0.1, 0.15) is 29.2 Å². The number of anilines is 1. The third-order valence-corrected chi connectivity index (χ3v) is 7.23. The van der Waals surface area contributed by atoms with Crippen molar-refractivity contribution in [3.05, 3.63) is 75.9 Å². The van der Waals surface area contributed by atoms with Crippen LogP contribution in [0.4, 0.5) is 5.69 Å². The van der Waals surface area contributed by atoms with Crippen LogP contribution in [-0.2, 0) is 6.42 Å². The number of fused-ring (bicyclic) bond motifs is 1. The maximum Gasteiger partial charge on any atom is 0.230 e. The fraction of sp³-hybridized carbons (Fsp3) is 0.304. The molecule has 6 nitrogen and oxygen atoms in total. The normalized spacial score (nSPS) is 16.1. The number of aryl methyl sites for hydroxylation is 1. The lowest BCUT2D eigenvalue weighted by molar-refractivity contribution is 0.211. The summed E-state index contributed by atoms with van der Waals surface area (Å²) in [6, 6.07) is 18.2. The third-order valence-electron chi connectivity index (χ3n) is 5.81. The molecule has 0 spiro atoms. The standard InChI is InChI=1S/C23H24ClN5OS/c1-2-19-25-23-29(26-19)22(30)21(31-23)20(17-10-6-7-11-18(17)24)28-14-12-27(13-15-28)16-8-4-3-5-9-16/h3-11,20,30H,2,12-15H2,1H3/t20-/m1/s1. The Labute approximate surface area is 190 Å². The zero-order valence-corrected chi connectivity index (χ0v) is 18.9. The number of halogens is 1. The van der Waals surface area contributed by atoms with Gasteiger partial charge in [-0.15, -0.1) is 5.10 Å². The Morgan fingerprint density at radius 2 is 1.74 bits per heavy atom. The summed E-state index contributed by atoms with van der Waals surface area (Å²) in [5.74, 6) is 0.890. The van der Waals surface area contributed by atoms with Gasteiger partial charge < -0.3 is 10.0 Å². The molecule has 5 rings (SSSR count). The van der Waals surface area contributed by atoms with Crippen LogP contribution in [0.25, 0.3) is 4.96 Å². The number of thiazole rings is 1. The van der Waals surface area contributed by atoms with Crippen LogP contribution in [0.2, 0.25) is 5.02 Å². The summed E-state index contributed by atoms with van der Waals surface area (Å²) >= 11 is 8.12. The van der Waals surface area contributed by atoms with Crippen LogP contribution in [0.5, 0.6) is 5.88 Å². The Bertz CT molecular complexity index is 1180. The number of nitrogens with zero attached hydrogens (tertiary/aromatic N) is 5. The van der Waals surface area contributed by atoms with Gasteiger partial charge in [0.05, 0.1) is 10.9 Å². The van der Waals surface area contributed by atoms with Crippen LogP contribution < -0.4 is 4.90 Å². The first-order valence-electron chi connectivity index (χ1n) is 10.5. The van der Waals surface area contributed by atoms with E-state index in [2.05, 4.69) is 44.1 Å². The zero-order chi connectivity index (χ0) is 21.4. The molecule has 0 aliphatic carbocycles. The number of rotatable bonds is 5. The summed E-state index contributed by atoms with van der Waals surface area (Å²) in [5.41, 5.74) is 2.23. The van der Waals surface area contributed by atoms with Crippen molar-refractivity contribution in [1.82, 2.24) is 19.5 Å². The molecule has 1 aliphatic heterocycles. The summed E-state index contributed by atoms with van der Waals surface area (Å²) in [4.78, 5) is 10.9. The van der Waals surface area contributed by atoms with Gasteiger partial charge in [-0.05, 0) is 23.8 Å². The Morgan fingerprint density at radius 1 is 1.03 bits per heavy atom. The molecule has 1 saturated heterocycles. The Kier molecular flexibility index (Phi) is 5.56. The second-order valence-corrected chi connectivity index (χ2v) is 9.06. The Hall–Kier alpha value is -2.61. The fourth-order valence-corrected chi connectivity index (χ4v) is 5.56. The fourth-order valence-electron chi connectivity index (χ4n) is 4.20. The second-order valence-electron chi connectivity index (χ2n) is 7.65. The number of benzene rings is 2. The number of aromatic nitrogens is 3. The van der Waals surface area contributed by atoms with Gasteiger partial charge in [-0.3, -0.25) is 4.90 Å². The van der Waals surface area contributed by atoms with Crippen molar-refractivity contribution < 1.29 is 5.11 Å². The molecule has 160 valence electrons. The highest BCUT2D eigenvalue weighted by atomic mass is 35.5. The average Bonchev–Trinajstić information content (AvgIpc) is 3.35. The summed E-state index contributed by atoms with van der Waals surface area (Å²) in [7, 11) is 0. The van der Waals surface area contributed by atoms with E-state index in [1.807, 2.05) is 37.3 Å². The number of aromatic hydroxyl groups is 1. The van der Waals surface area contributed by atoms with Crippen LogP contribution in [0, 0.1) is 0 Å². The number of para-hydroxylation sites is 1. The van der Waals surface area contributed by atoms with Gasteiger partial charge in [0.15, 0.2) is 5.82 Å². The molecule has 0 saturated carbocycles. The first-order valence-corrected chi connectivity index (χ1v) is 11.7. The maximum absolute atomic E-state index is 11.1. The average molecular weight is 454 g/mol. The first kappa shape index (κ1) is 20.3. The summed E-state index contributed by atoms with van der Waals surface area (Å²) in [6.07, 6.45) is 0.735. The molecule has 1 atom stereocenters. The Morgan fingerprint density at radius 3 is 2.42 bits per heavy atom. The summed E-state index contributed by atoms with van der Waals surface area (Å²) in [5, 5.41) is 16.2. The van der Waals surface area contributed by atoms with Crippen molar-refractivity contribution >= 4 is 33.6 Å². The largest absolute Gasteiger partial charge is 0.492 e. The predicted octanol–water partition coefficient (Wildman–Crippen LogP) is 4.62. The van der Waals surface area contributed by atoms with Crippen LogP contribution in [-0.4, -0.2) is 50.8 Å². The molecule has 0 bridgehead atoms. The highest BCUT2D eigenvalue weighted by Gasteiger charge is 2.32. The maximum atomic E-state index is 11.1. The molecule has 0 radical (unpaired) electrons. The van der Waals surface area contributed by atoms with Gasteiger partial charge in [0.25, 0.3) is 0 Å². The summed E-state index contributed by atoms with van der Waals surface area (Å²) < 4.78 is 1.56. The highest BCUT2D eigenvalue weighted by Crippen LogP contribution is 2.42. The van der Waals surface area contributed by atoms with E-state index < -0.39 is 0 Å². The van der Waals surface area contributed by atoms with E-state index >= 15 is 0 Å². The summed E-state index contributed by atoms with van der Waals surface area (Å²) in [6.45, 7) is 5.55. The van der Waals surface area contributed by atoms with Crippen LogP contribution in [0.3, 0.4) is 0 Å². The van der Waals surface area contributed by atoms with Gasteiger partial charge in [-0.2, -0.15) is 4.52 Å². The van der Waals surface area contributed by atoms with E-state index in [0.29, 0.717) is 9.98 Å². The van der Waals surface area contributed by atoms with Gasteiger partial charge >= 0.3 is 0 Å². The van der Waals surface area contributed by atoms with E-state index in [1.54, 1.807) is 4.52 Å². The monoisotopic (exact) mass is 453 g/mol. The van der Waals surface area contributed by atoms with Gasteiger partial charge in [-0.25, -0.2) is 4.98 Å². The smallest absolute Gasteiger partial charge is 0.230 e. The van der Waals surface area contributed by atoms with Gasteiger partial charge in [-0.1, -0.05) is 66.3 Å². The van der Waals surface area contributed by atoms with E-state index in [4.69, 9.17) is 11.6 Å². The van der Waals surface area contributed by atoms with E-state index in [0.717, 1.165) is 48.9 Å². The minimum Gasteiger partial charge on any atom is -0.492 e. The van der Waals surface area contributed by atoms with Crippen molar-refractivity contribution in [2.45, 2.75) is 19.4 Å². The van der Waals surface area contributed by atoms with Gasteiger partial charge in [0.1, 0.15) is 0 Å². The van der Waals surface area contributed by atoms with E-state index in [-0.39, 0.29) is 11.9 Å². The molecule has 0 amide bonds. The third kappa shape index (κ3) is 3.78. The van der Waals surface area contributed by atoms with Crippen molar-refractivity contribution in [3.63, 3.8) is 0 Å². The molecule has 0 unspecified atom stereocenters. The highest BCUT2D eigenvalue weighted by molar-refractivity contribution is 7.17. The second kappa shape index (κ2) is 8.49. The molecule has 1 fully saturated rings. The molecule has 2 aromatic carbocycles. The SMILES string of the molecule is CCc1nc2sc([C@@H](c3ccccc3Cl)N3CCN(c4ccccc4)CC3)c(O)n2n1. The van der Waals surface area contributed by atoms with Crippen LogP contribution >= 0.6 is 22.9 Å².